The average molecular weight is 617 g/mol. The molecule has 3 N–H and O–H groups in total. The molecule has 0 spiro atoms. The summed E-state index contributed by atoms with van der Waals surface area (Å²) in [6.45, 7) is 3.09. The predicted octanol–water partition coefficient (Wildman–Crippen LogP) is 5.25. The number of ether oxygens (including phenoxy) is 1. The van der Waals surface area contributed by atoms with Crippen LogP contribution in [0.3, 0.4) is 0 Å². The summed E-state index contributed by atoms with van der Waals surface area (Å²) in [6.07, 6.45) is -11.7. The van der Waals surface area contributed by atoms with Gasteiger partial charge in [-0.05, 0) is 62.2 Å². The number of rotatable bonds is 7. The summed E-state index contributed by atoms with van der Waals surface area (Å²) < 4.78 is 115. The lowest BCUT2D eigenvalue weighted by Crippen LogP contribution is -2.53. The van der Waals surface area contributed by atoms with Crippen molar-refractivity contribution in [3.8, 4) is 5.75 Å². The molecule has 0 saturated heterocycles. The Bertz CT molecular complexity index is 1540. The van der Waals surface area contributed by atoms with Gasteiger partial charge in [-0.1, -0.05) is 30.3 Å². The number of alkyl halides is 6. The Morgan fingerprint density at radius 3 is 2.10 bits per heavy atom. The number of halogens is 6. The van der Waals surface area contributed by atoms with Crippen LogP contribution in [-0.2, 0) is 28.8 Å². The van der Waals surface area contributed by atoms with Gasteiger partial charge < -0.3 is 15.2 Å². The van der Waals surface area contributed by atoms with Crippen LogP contribution in [0.2, 0.25) is 0 Å². The number of hydrogen-bond acceptors (Lipinski definition) is 5. The number of hydrogen-bond donors (Lipinski definition) is 3. The fraction of sp³-hybridized carbons (Fsp3) is 0.321. The highest BCUT2D eigenvalue weighted by Gasteiger charge is 2.45. The van der Waals surface area contributed by atoms with Crippen LogP contribution in [0, 0.1) is 0 Å². The average Bonchev–Trinajstić information content (AvgIpc) is 2.90. The Hall–Kier alpha value is -3.62. The van der Waals surface area contributed by atoms with Crippen molar-refractivity contribution in [3.63, 3.8) is 0 Å². The first kappa shape index (κ1) is 31.3. The molecule has 2 atom stereocenters. The zero-order chi connectivity index (χ0) is 31.1. The number of aliphatic hydroxyl groups is 1. The van der Waals surface area contributed by atoms with Gasteiger partial charge in [-0.3, -0.25) is 4.79 Å². The quantitative estimate of drug-likeness (QED) is 0.315. The topological polar surface area (TPSA) is 105 Å². The van der Waals surface area contributed by atoms with Crippen molar-refractivity contribution in [3.05, 3.63) is 94.5 Å². The summed E-state index contributed by atoms with van der Waals surface area (Å²) >= 11 is 0. The SMILES string of the molecule is CC1(C)Oc2ccc(C(=O)NCCc3ccccc3)cc2[C@@H](NS(=O)(=O)c2cc(C(F)(F)F)cc(C(F)(F)F)c2)[C@@H]1O. The molecule has 226 valence electrons. The first-order chi connectivity index (χ1) is 19.4. The highest BCUT2D eigenvalue weighted by Crippen LogP contribution is 2.42. The maximum atomic E-state index is 13.4. The Kier molecular flexibility index (Phi) is 8.37. The van der Waals surface area contributed by atoms with E-state index in [0.29, 0.717) is 6.42 Å². The Labute approximate surface area is 237 Å². The third-order valence-corrected chi connectivity index (χ3v) is 8.12. The van der Waals surface area contributed by atoms with Crippen molar-refractivity contribution < 1.29 is 49.4 Å². The minimum atomic E-state index is -5.28. The van der Waals surface area contributed by atoms with Crippen LogP contribution in [-0.4, -0.2) is 37.7 Å². The molecule has 1 heterocycles. The molecule has 0 bridgehead atoms. The molecule has 1 amide bonds. The van der Waals surface area contributed by atoms with Crippen LogP contribution < -0.4 is 14.8 Å². The molecule has 0 fully saturated rings. The summed E-state index contributed by atoms with van der Waals surface area (Å²) in [6, 6.07) is 11.7. The van der Waals surface area contributed by atoms with Crippen molar-refractivity contribution in [1.29, 1.82) is 0 Å². The molecule has 3 aromatic rings. The second kappa shape index (κ2) is 11.2. The highest BCUT2D eigenvalue weighted by molar-refractivity contribution is 7.89. The molecule has 14 heteroatoms. The van der Waals surface area contributed by atoms with E-state index in [1.54, 1.807) is 0 Å². The van der Waals surface area contributed by atoms with Gasteiger partial charge in [0.25, 0.3) is 5.91 Å². The minimum Gasteiger partial charge on any atom is -0.485 e. The van der Waals surface area contributed by atoms with E-state index in [2.05, 4.69) is 5.32 Å². The van der Waals surface area contributed by atoms with Crippen LogP contribution in [0.5, 0.6) is 5.75 Å². The summed E-state index contributed by atoms with van der Waals surface area (Å²) in [7, 11) is -5.10. The zero-order valence-corrected chi connectivity index (χ0v) is 23.0. The van der Waals surface area contributed by atoms with E-state index in [1.807, 2.05) is 35.1 Å². The van der Waals surface area contributed by atoms with Crippen LogP contribution in [0.15, 0.2) is 71.6 Å². The standard InChI is InChI=1S/C28H26F6N2O5S/c1-26(2)24(37)23(36-42(39,40)20-14-18(27(29,30)31)13-19(15-20)28(32,33)34)21-12-17(8-9-22(21)41-26)25(38)35-11-10-16-6-4-3-5-7-16/h3-9,12-15,23-24,36-37H,10-11H2,1-2H3,(H,35,38)/t23-,24+/m1/s1. The number of nitrogens with one attached hydrogen (secondary N) is 2. The van der Waals surface area contributed by atoms with Gasteiger partial charge in [0.2, 0.25) is 10.0 Å². The number of carbonyl (C=O) groups is 1. The van der Waals surface area contributed by atoms with E-state index in [1.165, 1.54) is 32.0 Å². The van der Waals surface area contributed by atoms with Gasteiger partial charge in [-0.15, -0.1) is 0 Å². The zero-order valence-electron chi connectivity index (χ0n) is 22.2. The van der Waals surface area contributed by atoms with Gasteiger partial charge in [0.1, 0.15) is 17.5 Å². The number of carbonyl (C=O) groups excluding carboxylic acids is 1. The fourth-order valence-electron chi connectivity index (χ4n) is 4.45. The van der Waals surface area contributed by atoms with Gasteiger partial charge in [-0.25, -0.2) is 13.1 Å². The first-order valence-corrected chi connectivity index (χ1v) is 14.0. The lowest BCUT2D eigenvalue weighted by molar-refractivity contribution is -0.143. The fourth-order valence-corrected chi connectivity index (χ4v) is 5.74. The summed E-state index contributed by atoms with van der Waals surface area (Å²) in [5.74, 6) is -0.485. The minimum absolute atomic E-state index is 0.0378. The van der Waals surface area contributed by atoms with Gasteiger partial charge in [0.15, 0.2) is 0 Å². The highest BCUT2D eigenvalue weighted by atomic mass is 32.2. The number of fused-ring (bicyclic) bond motifs is 1. The van der Waals surface area contributed by atoms with E-state index < -0.39 is 62.1 Å². The Morgan fingerprint density at radius 2 is 1.52 bits per heavy atom. The Balaban J connectivity index is 1.67. The summed E-state index contributed by atoms with van der Waals surface area (Å²) in [5, 5.41) is 13.7. The number of sulfonamides is 1. The molecular formula is C28H26F6N2O5S. The van der Waals surface area contributed by atoms with E-state index in [-0.39, 0.29) is 41.6 Å². The van der Waals surface area contributed by atoms with Crippen molar-refractivity contribution in [2.75, 3.05) is 6.54 Å². The smallest absolute Gasteiger partial charge is 0.416 e. The second-order valence-electron chi connectivity index (χ2n) is 10.2. The Morgan fingerprint density at radius 1 is 0.929 bits per heavy atom. The van der Waals surface area contributed by atoms with E-state index in [0.717, 1.165) is 5.56 Å². The molecule has 0 radical (unpaired) electrons. The lowest BCUT2D eigenvalue weighted by Gasteiger charge is -2.42. The number of benzene rings is 3. The molecule has 0 aliphatic carbocycles. The maximum Gasteiger partial charge on any atom is 0.416 e. The molecule has 0 aromatic heterocycles. The first-order valence-electron chi connectivity index (χ1n) is 12.5. The van der Waals surface area contributed by atoms with Crippen molar-refractivity contribution >= 4 is 15.9 Å². The third-order valence-electron chi connectivity index (χ3n) is 6.70. The van der Waals surface area contributed by atoms with Crippen LogP contribution in [0.1, 0.15) is 52.5 Å². The molecule has 1 aliphatic rings. The molecule has 4 rings (SSSR count). The van der Waals surface area contributed by atoms with E-state index in [9.17, 15) is 44.7 Å². The maximum absolute atomic E-state index is 13.4. The molecular weight excluding hydrogens is 590 g/mol. The molecule has 3 aromatic carbocycles. The van der Waals surface area contributed by atoms with Crippen molar-refractivity contribution in [1.82, 2.24) is 10.0 Å². The summed E-state index contributed by atoms with van der Waals surface area (Å²) in [4.78, 5) is 11.5. The van der Waals surface area contributed by atoms with Crippen LogP contribution in [0.4, 0.5) is 26.3 Å². The van der Waals surface area contributed by atoms with Gasteiger partial charge in [0, 0.05) is 17.7 Å². The molecule has 1 aliphatic heterocycles. The molecule has 7 nitrogen and oxygen atoms in total. The largest absolute Gasteiger partial charge is 0.485 e. The molecule has 0 saturated carbocycles. The van der Waals surface area contributed by atoms with Crippen molar-refractivity contribution in [2.24, 2.45) is 0 Å². The molecule has 0 unspecified atom stereocenters. The molecule has 42 heavy (non-hydrogen) atoms. The second-order valence-corrected chi connectivity index (χ2v) is 11.9. The van der Waals surface area contributed by atoms with Gasteiger partial charge >= 0.3 is 12.4 Å². The monoisotopic (exact) mass is 616 g/mol. The predicted molar refractivity (Wildman–Crippen MR) is 139 cm³/mol. The van der Waals surface area contributed by atoms with Crippen molar-refractivity contribution in [2.45, 2.75) is 55.3 Å². The number of amides is 1. The van der Waals surface area contributed by atoms with Crippen LogP contribution in [0.25, 0.3) is 0 Å². The lowest BCUT2D eigenvalue weighted by atomic mass is 9.86. The number of aliphatic hydroxyl groups excluding tert-OH is 1. The van der Waals surface area contributed by atoms with Crippen LogP contribution >= 0.6 is 0 Å². The van der Waals surface area contributed by atoms with Gasteiger partial charge in [-0.2, -0.15) is 26.3 Å². The normalized spacial score (nSPS) is 18.6. The van der Waals surface area contributed by atoms with E-state index >= 15 is 0 Å². The van der Waals surface area contributed by atoms with E-state index in [4.69, 9.17) is 4.74 Å². The van der Waals surface area contributed by atoms with Gasteiger partial charge in [0.05, 0.1) is 22.1 Å². The summed E-state index contributed by atoms with van der Waals surface area (Å²) in [5.41, 5.74) is -4.09. The third kappa shape index (κ3) is 6.88.